The average molecular weight is 251 g/mol. The van der Waals surface area contributed by atoms with Gasteiger partial charge >= 0.3 is 0 Å². The third-order valence-electron chi connectivity index (χ3n) is 2.15. The van der Waals surface area contributed by atoms with Crippen LogP contribution < -0.4 is 15.8 Å². The van der Waals surface area contributed by atoms with Gasteiger partial charge in [0.25, 0.3) is 5.91 Å². The zero-order chi connectivity index (χ0) is 13.5. The molecule has 1 atom stereocenters. The van der Waals surface area contributed by atoms with Crippen LogP contribution in [0.4, 0.5) is 0 Å². The first-order chi connectivity index (χ1) is 8.47. The van der Waals surface area contributed by atoms with Crippen molar-refractivity contribution in [3.8, 4) is 5.75 Å². The molecule has 1 unspecified atom stereocenters. The van der Waals surface area contributed by atoms with Gasteiger partial charge in [0, 0.05) is 24.2 Å². The Balaban J connectivity index is 2.41. The van der Waals surface area contributed by atoms with Gasteiger partial charge in [-0.1, -0.05) is 0 Å². The maximum Gasteiger partial charge on any atom is 0.258 e. The molecule has 0 bridgehead atoms. The van der Waals surface area contributed by atoms with Gasteiger partial charge in [0.1, 0.15) is 5.75 Å². The number of aromatic nitrogens is 1. The highest BCUT2D eigenvalue weighted by Crippen LogP contribution is 2.09. The third kappa shape index (κ3) is 5.63. The van der Waals surface area contributed by atoms with E-state index >= 15 is 0 Å². The molecule has 0 fully saturated rings. The van der Waals surface area contributed by atoms with Gasteiger partial charge in [0.05, 0.1) is 6.20 Å². The molecular formula is C13H21N3O2. The minimum atomic E-state index is -0.135. The van der Waals surface area contributed by atoms with Gasteiger partial charge in [-0.2, -0.15) is 0 Å². The summed E-state index contributed by atoms with van der Waals surface area (Å²) in [6.07, 6.45) is 2.34. The first-order valence-electron chi connectivity index (χ1n) is 6.10. The molecular weight excluding hydrogens is 230 g/mol. The van der Waals surface area contributed by atoms with Gasteiger partial charge in [-0.05, 0) is 32.9 Å². The molecule has 1 aromatic rings. The fourth-order valence-electron chi connectivity index (χ4n) is 1.46. The van der Waals surface area contributed by atoms with Crippen LogP contribution in [-0.4, -0.2) is 29.6 Å². The van der Waals surface area contributed by atoms with Crippen molar-refractivity contribution >= 4 is 5.91 Å². The number of pyridine rings is 1. The topological polar surface area (TPSA) is 77.2 Å². The quantitative estimate of drug-likeness (QED) is 0.786. The number of carbonyl (C=O) groups excluding carboxylic acids is 1. The van der Waals surface area contributed by atoms with Crippen LogP contribution in [0, 0.1) is 0 Å². The van der Waals surface area contributed by atoms with Crippen LogP contribution in [0.1, 0.15) is 26.5 Å². The van der Waals surface area contributed by atoms with Crippen molar-refractivity contribution in [3.05, 3.63) is 24.0 Å². The average Bonchev–Trinajstić information content (AvgIpc) is 2.26. The Labute approximate surface area is 108 Å². The number of nitrogens with two attached hydrogens (primary N) is 1. The van der Waals surface area contributed by atoms with Crippen molar-refractivity contribution in [3.63, 3.8) is 0 Å². The Bertz CT molecular complexity index is 374. The predicted molar refractivity (Wildman–Crippen MR) is 70.4 cm³/mol. The summed E-state index contributed by atoms with van der Waals surface area (Å²) in [6, 6.07) is 3.86. The fraction of sp³-hybridized carbons (Fsp3) is 0.538. The second-order valence-electron chi connectivity index (χ2n) is 4.68. The summed E-state index contributed by atoms with van der Waals surface area (Å²) < 4.78 is 5.32. The van der Waals surface area contributed by atoms with E-state index in [1.165, 1.54) is 0 Å². The molecule has 5 nitrogen and oxygen atoms in total. The van der Waals surface area contributed by atoms with E-state index in [0.717, 1.165) is 12.1 Å². The third-order valence-corrected chi connectivity index (χ3v) is 2.15. The molecule has 0 aromatic carbocycles. The van der Waals surface area contributed by atoms with Gasteiger partial charge < -0.3 is 15.8 Å². The number of nitrogens with one attached hydrogen (secondary N) is 1. The van der Waals surface area contributed by atoms with Gasteiger partial charge in [-0.15, -0.1) is 0 Å². The van der Waals surface area contributed by atoms with Crippen LogP contribution in [0.25, 0.3) is 0 Å². The highest BCUT2D eigenvalue weighted by Gasteiger charge is 2.05. The second kappa shape index (κ2) is 6.96. The van der Waals surface area contributed by atoms with E-state index in [9.17, 15) is 4.79 Å². The molecule has 3 N–H and O–H groups in total. The summed E-state index contributed by atoms with van der Waals surface area (Å²) in [5, 5.41) is 2.75. The molecule has 0 spiro atoms. The monoisotopic (exact) mass is 251 g/mol. The predicted octanol–water partition coefficient (Wildman–Crippen LogP) is 0.875. The minimum Gasteiger partial charge on any atom is -0.482 e. The van der Waals surface area contributed by atoms with E-state index in [2.05, 4.69) is 10.3 Å². The number of amides is 1. The zero-order valence-electron chi connectivity index (χ0n) is 11.1. The molecule has 100 valence electrons. The molecule has 1 rings (SSSR count). The highest BCUT2D eigenvalue weighted by molar-refractivity contribution is 5.77. The number of rotatable bonds is 6. The van der Waals surface area contributed by atoms with E-state index in [0.29, 0.717) is 5.75 Å². The molecule has 1 aromatic heterocycles. The number of nitrogens with zero attached hydrogens (tertiary/aromatic N) is 1. The standard InChI is InChI=1S/C13H21N3O2/c1-9(2)16-13(17)8-18-12-5-4-11(15-7-12)6-10(3)14/h4-5,7,9-10H,6,8,14H2,1-3H3,(H,16,17). The van der Waals surface area contributed by atoms with Crippen LogP contribution in [0.3, 0.4) is 0 Å². The first-order valence-corrected chi connectivity index (χ1v) is 6.10. The molecule has 0 radical (unpaired) electrons. The molecule has 1 heterocycles. The van der Waals surface area contributed by atoms with E-state index in [1.807, 2.05) is 26.8 Å². The number of ether oxygens (including phenoxy) is 1. The summed E-state index contributed by atoms with van der Waals surface area (Å²) >= 11 is 0. The van der Waals surface area contributed by atoms with E-state index < -0.39 is 0 Å². The Kier molecular flexibility index (Phi) is 5.58. The second-order valence-corrected chi connectivity index (χ2v) is 4.68. The van der Waals surface area contributed by atoms with Crippen molar-refractivity contribution in [1.29, 1.82) is 0 Å². The smallest absolute Gasteiger partial charge is 0.258 e. The molecule has 18 heavy (non-hydrogen) atoms. The van der Waals surface area contributed by atoms with Crippen LogP contribution >= 0.6 is 0 Å². The van der Waals surface area contributed by atoms with E-state index in [-0.39, 0.29) is 24.6 Å². The Hall–Kier alpha value is -1.62. The van der Waals surface area contributed by atoms with Crippen LogP contribution in [0.2, 0.25) is 0 Å². The summed E-state index contributed by atoms with van der Waals surface area (Å²) in [5.74, 6) is 0.451. The fourth-order valence-corrected chi connectivity index (χ4v) is 1.46. The van der Waals surface area contributed by atoms with Crippen molar-refractivity contribution in [2.75, 3.05) is 6.61 Å². The SMILES string of the molecule is CC(N)Cc1ccc(OCC(=O)NC(C)C)cn1. The van der Waals surface area contributed by atoms with Crippen molar-refractivity contribution < 1.29 is 9.53 Å². The van der Waals surface area contributed by atoms with Gasteiger partial charge in [-0.3, -0.25) is 9.78 Å². The lowest BCUT2D eigenvalue weighted by molar-refractivity contribution is -0.123. The molecule has 0 aliphatic rings. The summed E-state index contributed by atoms with van der Waals surface area (Å²) in [5.41, 5.74) is 6.60. The molecule has 0 saturated carbocycles. The largest absolute Gasteiger partial charge is 0.482 e. The van der Waals surface area contributed by atoms with Crippen molar-refractivity contribution in [2.24, 2.45) is 5.73 Å². The van der Waals surface area contributed by atoms with Crippen molar-refractivity contribution in [2.45, 2.75) is 39.3 Å². The Morgan fingerprint density at radius 2 is 2.17 bits per heavy atom. The number of hydrogen-bond acceptors (Lipinski definition) is 4. The molecule has 0 aliphatic heterocycles. The van der Waals surface area contributed by atoms with Gasteiger partial charge in [0.2, 0.25) is 0 Å². The summed E-state index contributed by atoms with van der Waals surface area (Å²) in [4.78, 5) is 15.6. The number of carbonyl (C=O) groups is 1. The highest BCUT2D eigenvalue weighted by atomic mass is 16.5. The molecule has 1 amide bonds. The Morgan fingerprint density at radius 1 is 1.44 bits per heavy atom. The van der Waals surface area contributed by atoms with E-state index in [1.54, 1.807) is 12.3 Å². The lowest BCUT2D eigenvalue weighted by Gasteiger charge is -2.10. The maximum atomic E-state index is 11.4. The molecule has 0 saturated heterocycles. The maximum absolute atomic E-state index is 11.4. The van der Waals surface area contributed by atoms with Crippen molar-refractivity contribution in [1.82, 2.24) is 10.3 Å². The van der Waals surface area contributed by atoms with Gasteiger partial charge in [0.15, 0.2) is 6.61 Å². The van der Waals surface area contributed by atoms with E-state index in [4.69, 9.17) is 10.5 Å². The lowest BCUT2D eigenvalue weighted by Crippen LogP contribution is -2.34. The van der Waals surface area contributed by atoms with Gasteiger partial charge in [-0.25, -0.2) is 0 Å². The molecule has 0 aliphatic carbocycles. The van der Waals surface area contributed by atoms with Crippen LogP contribution in [0.15, 0.2) is 18.3 Å². The Morgan fingerprint density at radius 3 is 2.67 bits per heavy atom. The minimum absolute atomic E-state index is 0.00645. The first kappa shape index (κ1) is 14.4. The summed E-state index contributed by atoms with van der Waals surface area (Å²) in [6.45, 7) is 5.75. The molecule has 5 heteroatoms. The normalized spacial score (nSPS) is 12.3. The number of hydrogen-bond donors (Lipinski definition) is 2. The van der Waals surface area contributed by atoms with Crippen LogP contribution in [-0.2, 0) is 11.2 Å². The zero-order valence-corrected chi connectivity index (χ0v) is 11.1. The lowest BCUT2D eigenvalue weighted by atomic mass is 10.2. The van der Waals surface area contributed by atoms with Crippen LogP contribution in [0.5, 0.6) is 5.75 Å². The summed E-state index contributed by atoms with van der Waals surface area (Å²) in [7, 11) is 0.